The van der Waals surface area contributed by atoms with Crippen molar-refractivity contribution in [3.8, 4) is 11.4 Å². The van der Waals surface area contributed by atoms with E-state index in [-0.39, 0.29) is 5.78 Å². The molecule has 0 bridgehead atoms. The normalized spacial score (nSPS) is 15.3. The van der Waals surface area contributed by atoms with E-state index < -0.39 is 0 Å². The lowest BCUT2D eigenvalue weighted by atomic mass is 10.1. The van der Waals surface area contributed by atoms with Crippen LogP contribution in [0.25, 0.3) is 5.69 Å². The van der Waals surface area contributed by atoms with Crippen LogP contribution in [0.15, 0.2) is 30.3 Å². The molecule has 0 radical (unpaired) electrons. The summed E-state index contributed by atoms with van der Waals surface area (Å²) >= 11 is 0. The Kier molecular flexibility index (Phi) is 5.56. The zero-order valence-corrected chi connectivity index (χ0v) is 15.3. The molecular formula is C20H27N2O3+. The van der Waals surface area contributed by atoms with E-state index in [1.165, 1.54) is 4.90 Å². The minimum absolute atomic E-state index is 0.210. The van der Waals surface area contributed by atoms with Crippen LogP contribution < -0.4 is 9.64 Å². The molecule has 25 heavy (non-hydrogen) atoms. The molecule has 0 unspecified atom stereocenters. The third-order valence-corrected chi connectivity index (χ3v) is 4.75. The number of aromatic nitrogens is 1. The summed E-state index contributed by atoms with van der Waals surface area (Å²) in [6, 6.07) is 10.0. The first kappa shape index (κ1) is 17.7. The summed E-state index contributed by atoms with van der Waals surface area (Å²) in [4.78, 5) is 14.1. The van der Waals surface area contributed by atoms with Crippen LogP contribution in [0, 0.1) is 13.8 Å². The zero-order valence-electron chi connectivity index (χ0n) is 15.3. The number of benzene rings is 1. The van der Waals surface area contributed by atoms with E-state index in [9.17, 15) is 4.79 Å². The van der Waals surface area contributed by atoms with Gasteiger partial charge in [0.15, 0.2) is 0 Å². The number of hydrogen-bond donors (Lipinski definition) is 1. The van der Waals surface area contributed by atoms with Crippen molar-refractivity contribution in [3.63, 3.8) is 0 Å². The molecule has 0 spiro atoms. The molecule has 1 N–H and O–H groups in total. The number of ketones is 1. The molecule has 0 atom stereocenters. The summed E-state index contributed by atoms with van der Waals surface area (Å²) in [5, 5.41) is 0. The Hall–Kier alpha value is -2.11. The molecule has 1 aromatic carbocycles. The van der Waals surface area contributed by atoms with Gasteiger partial charge in [-0.1, -0.05) is 0 Å². The van der Waals surface area contributed by atoms with E-state index in [4.69, 9.17) is 9.47 Å². The number of nitrogens with one attached hydrogen (secondary N) is 1. The van der Waals surface area contributed by atoms with E-state index in [1.807, 2.05) is 51.1 Å². The second-order valence-corrected chi connectivity index (χ2v) is 6.51. The molecule has 0 aliphatic carbocycles. The summed E-state index contributed by atoms with van der Waals surface area (Å²) in [7, 11) is 0. The van der Waals surface area contributed by atoms with Gasteiger partial charge in [0.05, 0.1) is 19.8 Å². The smallest absolute Gasteiger partial charge is 0.218 e. The SMILES string of the molecule is CCOc1ccc(-n2c(C)cc(C(=O)C[NH+]3CCOCC3)c2C)cc1. The summed E-state index contributed by atoms with van der Waals surface area (Å²) < 4.78 is 13.0. The first-order chi connectivity index (χ1) is 12.1. The first-order valence-electron chi connectivity index (χ1n) is 8.97. The van der Waals surface area contributed by atoms with Crippen molar-refractivity contribution in [2.75, 3.05) is 39.5 Å². The van der Waals surface area contributed by atoms with Gasteiger partial charge in [0, 0.05) is 22.6 Å². The van der Waals surface area contributed by atoms with Gasteiger partial charge in [-0.15, -0.1) is 0 Å². The maximum Gasteiger partial charge on any atom is 0.218 e. The molecule has 0 amide bonds. The monoisotopic (exact) mass is 343 g/mol. The van der Waals surface area contributed by atoms with Crippen LogP contribution in [0.2, 0.25) is 0 Å². The zero-order chi connectivity index (χ0) is 17.8. The number of Topliss-reactive ketones (excluding diaryl/α,β-unsaturated/α-hetero) is 1. The maximum atomic E-state index is 12.8. The number of morpholine rings is 1. The number of carbonyl (C=O) groups is 1. The topological polar surface area (TPSA) is 44.9 Å². The van der Waals surface area contributed by atoms with Crippen molar-refractivity contribution >= 4 is 5.78 Å². The predicted octanol–water partition coefficient (Wildman–Crippen LogP) is 1.59. The largest absolute Gasteiger partial charge is 0.494 e. The molecule has 134 valence electrons. The van der Waals surface area contributed by atoms with Crippen LogP contribution in [0.4, 0.5) is 0 Å². The predicted molar refractivity (Wildman–Crippen MR) is 97.1 cm³/mol. The van der Waals surface area contributed by atoms with Gasteiger partial charge in [0.25, 0.3) is 0 Å². The van der Waals surface area contributed by atoms with Gasteiger partial charge in [-0.25, -0.2) is 0 Å². The second-order valence-electron chi connectivity index (χ2n) is 6.51. The van der Waals surface area contributed by atoms with Crippen molar-refractivity contribution in [2.24, 2.45) is 0 Å². The van der Waals surface area contributed by atoms with Gasteiger partial charge < -0.3 is 18.9 Å². The average molecular weight is 343 g/mol. The Morgan fingerprint density at radius 2 is 1.88 bits per heavy atom. The molecule has 0 saturated carbocycles. The van der Waals surface area contributed by atoms with Crippen molar-refractivity contribution < 1.29 is 19.2 Å². The molecule has 1 aliphatic heterocycles. The number of aryl methyl sites for hydroxylation is 1. The van der Waals surface area contributed by atoms with Crippen molar-refractivity contribution in [3.05, 3.63) is 47.3 Å². The molecule has 5 nitrogen and oxygen atoms in total. The van der Waals surface area contributed by atoms with Crippen molar-refractivity contribution in [2.45, 2.75) is 20.8 Å². The number of carbonyl (C=O) groups excluding carboxylic acids is 1. The number of ether oxygens (including phenoxy) is 2. The lowest BCUT2D eigenvalue weighted by Crippen LogP contribution is -3.14. The standard InChI is InChI=1S/C20H26N2O3/c1-4-25-18-7-5-17(6-8-18)22-15(2)13-19(16(22)3)20(23)14-21-9-11-24-12-10-21/h5-8,13H,4,9-12,14H2,1-3H3/p+1. The third kappa shape index (κ3) is 3.94. The Bertz CT molecular complexity index is 728. The van der Waals surface area contributed by atoms with Gasteiger partial charge >= 0.3 is 0 Å². The fourth-order valence-electron chi connectivity index (χ4n) is 3.46. The van der Waals surface area contributed by atoms with E-state index >= 15 is 0 Å². The lowest BCUT2D eigenvalue weighted by Gasteiger charge is -2.23. The van der Waals surface area contributed by atoms with Crippen LogP contribution in [0.5, 0.6) is 5.75 Å². The van der Waals surface area contributed by atoms with Crippen LogP contribution in [-0.2, 0) is 4.74 Å². The molecule has 2 heterocycles. The first-order valence-corrected chi connectivity index (χ1v) is 8.97. The van der Waals surface area contributed by atoms with Gasteiger partial charge in [-0.05, 0) is 51.1 Å². The molecular weight excluding hydrogens is 316 g/mol. The highest BCUT2D eigenvalue weighted by molar-refractivity contribution is 5.98. The van der Waals surface area contributed by atoms with Crippen molar-refractivity contribution in [1.29, 1.82) is 0 Å². The highest BCUT2D eigenvalue weighted by atomic mass is 16.5. The molecule has 2 aromatic rings. The molecule has 1 aliphatic rings. The fraction of sp³-hybridized carbons (Fsp3) is 0.450. The van der Waals surface area contributed by atoms with Crippen molar-refractivity contribution in [1.82, 2.24) is 4.57 Å². The van der Waals surface area contributed by atoms with E-state index in [2.05, 4.69) is 4.57 Å². The van der Waals surface area contributed by atoms with Crippen LogP contribution in [0.3, 0.4) is 0 Å². The Morgan fingerprint density at radius 1 is 1.20 bits per heavy atom. The van der Waals surface area contributed by atoms with Gasteiger partial charge in [-0.2, -0.15) is 0 Å². The number of hydrogen-bond acceptors (Lipinski definition) is 3. The maximum absolute atomic E-state index is 12.8. The number of quaternary nitrogens is 1. The summed E-state index contributed by atoms with van der Waals surface area (Å²) in [6.45, 7) is 10.5. The highest BCUT2D eigenvalue weighted by Gasteiger charge is 2.22. The Labute approximate surface area is 149 Å². The lowest BCUT2D eigenvalue weighted by molar-refractivity contribution is -0.899. The minimum atomic E-state index is 0.210. The van der Waals surface area contributed by atoms with Crippen LogP contribution >= 0.6 is 0 Å². The summed E-state index contributed by atoms with van der Waals surface area (Å²) in [5.41, 5.74) is 3.95. The quantitative estimate of drug-likeness (QED) is 0.810. The second kappa shape index (κ2) is 7.85. The van der Waals surface area contributed by atoms with E-state index in [0.717, 1.165) is 54.7 Å². The highest BCUT2D eigenvalue weighted by Crippen LogP contribution is 2.23. The average Bonchev–Trinajstić information content (AvgIpc) is 2.92. The number of rotatable bonds is 6. The van der Waals surface area contributed by atoms with Gasteiger partial charge in [0.2, 0.25) is 5.78 Å². The van der Waals surface area contributed by atoms with E-state index in [0.29, 0.717) is 13.2 Å². The summed E-state index contributed by atoms with van der Waals surface area (Å²) in [6.07, 6.45) is 0. The third-order valence-electron chi connectivity index (χ3n) is 4.75. The molecule has 5 heteroatoms. The Morgan fingerprint density at radius 3 is 2.52 bits per heavy atom. The van der Waals surface area contributed by atoms with Gasteiger partial charge in [-0.3, -0.25) is 4.79 Å². The molecule has 1 aromatic heterocycles. The molecule has 3 rings (SSSR count). The summed E-state index contributed by atoms with van der Waals surface area (Å²) in [5.74, 6) is 1.07. The Balaban J connectivity index is 1.81. The number of nitrogens with zero attached hydrogens (tertiary/aromatic N) is 1. The van der Waals surface area contributed by atoms with Gasteiger partial charge in [0.1, 0.15) is 25.4 Å². The fourth-order valence-corrected chi connectivity index (χ4v) is 3.46. The van der Waals surface area contributed by atoms with Crippen LogP contribution in [-0.4, -0.2) is 49.8 Å². The molecule has 1 fully saturated rings. The molecule has 1 saturated heterocycles. The van der Waals surface area contributed by atoms with E-state index in [1.54, 1.807) is 0 Å². The minimum Gasteiger partial charge on any atom is -0.494 e. The van der Waals surface area contributed by atoms with Crippen LogP contribution in [0.1, 0.15) is 28.7 Å².